The van der Waals surface area contributed by atoms with Crippen LogP contribution in [0.5, 0.6) is 0 Å². The summed E-state index contributed by atoms with van der Waals surface area (Å²) in [4.78, 5) is 7.18. The standard InChI is InChI=1S/C22H45N3O2/c1-18(2)24-12-7-20(8-13-24)21(5,26)9-14-23(6)17-22(27)10-15-25(16-11-22)19(3)4/h18-20,26-27H,7-17H2,1-6H3. The molecular weight excluding hydrogens is 338 g/mol. The minimum absolute atomic E-state index is 0.387. The zero-order chi connectivity index (χ0) is 20.2. The van der Waals surface area contributed by atoms with Gasteiger partial charge in [-0.25, -0.2) is 0 Å². The van der Waals surface area contributed by atoms with Crippen molar-refractivity contribution in [1.82, 2.24) is 14.7 Å². The second kappa shape index (κ2) is 9.53. The maximum absolute atomic E-state index is 11.1. The summed E-state index contributed by atoms with van der Waals surface area (Å²) in [6.07, 6.45) is 4.65. The molecule has 2 aliphatic heterocycles. The van der Waals surface area contributed by atoms with Gasteiger partial charge in [-0.05, 0) is 92.8 Å². The molecule has 0 aromatic heterocycles. The maximum atomic E-state index is 11.1. The molecule has 1 atom stereocenters. The smallest absolute Gasteiger partial charge is 0.0798 e. The average molecular weight is 384 g/mol. The van der Waals surface area contributed by atoms with E-state index in [9.17, 15) is 10.2 Å². The fourth-order valence-electron chi connectivity index (χ4n) is 4.86. The van der Waals surface area contributed by atoms with Gasteiger partial charge in [-0.15, -0.1) is 0 Å². The number of rotatable bonds is 8. The van der Waals surface area contributed by atoms with Gasteiger partial charge >= 0.3 is 0 Å². The molecular formula is C22H45N3O2. The first-order valence-corrected chi connectivity index (χ1v) is 11.1. The van der Waals surface area contributed by atoms with E-state index in [0.717, 1.165) is 64.8 Å². The molecule has 2 saturated heterocycles. The number of piperidine rings is 2. The molecule has 2 rings (SSSR count). The molecule has 2 N–H and O–H groups in total. The highest BCUT2D eigenvalue weighted by molar-refractivity contribution is 4.91. The van der Waals surface area contributed by atoms with Crippen molar-refractivity contribution in [3.63, 3.8) is 0 Å². The summed E-state index contributed by atoms with van der Waals surface area (Å²) in [5, 5.41) is 22.0. The van der Waals surface area contributed by atoms with Crippen LogP contribution in [-0.4, -0.2) is 94.5 Å². The Kier molecular flexibility index (Phi) is 8.15. The van der Waals surface area contributed by atoms with Crippen LogP contribution in [0.1, 0.15) is 66.7 Å². The lowest BCUT2D eigenvalue weighted by molar-refractivity contribution is -0.0614. The fourth-order valence-corrected chi connectivity index (χ4v) is 4.86. The predicted octanol–water partition coefficient (Wildman–Crippen LogP) is 2.42. The first kappa shape index (κ1) is 23.1. The van der Waals surface area contributed by atoms with Crippen LogP contribution >= 0.6 is 0 Å². The Labute approximate surface area is 167 Å². The lowest BCUT2D eigenvalue weighted by Gasteiger charge is -2.43. The summed E-state index contributed by atoms with van der Waals surface area (Å²) in [7, 11) is 2.09. The van der Waals surface area contributed by atoms with Crippen molar-refractivity contribution in [3.8, 4) is 0 Å². The largest absolute Gasteiger partial charge is 0.390 e. The van der Waals surface area contributed by atoms with Gasteiger partial charge in [0.1, 0.15) is 0 Å². The van der Waals surface area contributed by atoms with Gasteiger partial charge < -0.3 is 24.9 Å². The number of nitrogens with zero attached hydrogens (tertiary/aromatic N) is 3. The Hall–Kier alpha value is -0.200. The Morgan fingerprint density at radius 2 is 1.48 bits per heavy atom. The van der Waals surface area contributed by atoms with Gasteiger partial charge in [0.15, 0.2) is 0 Å². The van der Waals surface area contributed by atoms with E-state index >= 15 is 0 Å². The molecule has 0 radical (unpaired) electrons. The Balaban J connectivity index is 1.75. The maximum Gasteiger partial charge on any atom is 0.0798 e. The molecule has 27 heavy (non-hydrogen) atoms. The molecule has 0 amide bonds. The topological polar surface area (TPSA) is 50.2 Å². The van der Waals surface area contributed by atoms with Crippen molar-refractivity contribution in [3.05, 3.63) is 0 Å². The highest BCUT2D eigenvalue weighted by atomic mass is 16.3. The van der Waals surface area contributed by atoms with E-state index in [1.54, 1.807) is 0 Å². The number of likely N-dealkylation sites (N-methyl/N-ethyl adjacent to an activating group) is 1. The van der Waals surface area contributed by atoms with Crippen molar-refractivity contribution >= 4 is 0 Å². The minimum atomic E-state index is -0.610. The van der Waals surface area contributed by atoms with Gasteiger partial charge in [-0.2, -0.15) is 0 Å². The summed E-state index contributed by atoms with van der Waals surface area (Å²) >= 11 is 0. The SMILES string of the molecule is CC(C)N1CCC(C(C)(O)CCN(C)CC2(O)CCN(C(C)C)CC2)CC1. The number of hydrogen-bond donors (Lipinski definition) is 2. The van der Waals surface area contributed by atoms with Gasteiger partial charge in [0.2, 0.25) is 0 Å². The van der Waals surface area contributed by atoms with Crippen LogP contribution in [0.15, 0.2) is 0 Å². The third kappa shape index (κ3) is 6.67. The molecule has 0 aromatic carbocycles. The second-order valence-electron chi connectivity index (χ2n) is 10.1. The average Bonchev–Trinajstić information content (AvgIpc) is 2.60. The molecule has 1 unspecified atom stereocenters. The molecule has 0 aromatic rings. The third-order valence-corrected chi connectivity index (χ3v) is 7.16. The van der Waals surface area contributed by atoms with Crippen LogP contribution in [0, 0.1) is 5.92 Å². The predicted molar refractivity (Wildman–Crippen MR) is 113 cm³/mol. The zero-order valence-corrected chi connectivity index (χ0v) is 18.7. The summed E-state index contributed by atoms with van der Waals surface area (Å²) in [5.41, 5.74) is -1.18. The normalized spacial score (nSPS) is 25.4. The molecule has 0 aliphatic carbocycles. The van der Waals surface area contributed by atoms with Crippen molar-refractivity contribution < 1.29 is 10.2 Å². The van der Waals surface area contributed by atoms with E-state index in [2.05, 4.69) is 49.4 Å². The van der Waals surface area contributed by atoms with Gasteiger partial charge in [-0.1, -0.05) is 0 Å². The van der Waals surface area contributed by atoms with E-state index in [1.807, 2.05) is 6.92 Å². The van der Waals surface area contributed by atoms with Crippen molar-refractivity contribution in [2.45, 2.75) is 90.0 Å². The third-order valence-electron chi connectivity index (χ3n) is 7.16. The quantitative estimate of drug-likeness (QED) is 0.674. The summed E-state index contributed by atoms with van der Waals surface area (Å²) in [5.74, 6) is 0.387. The van der Waals surface area contributed by atoms with Crippen molar-refractivity contribution in [2.24, 2.45) is 5.92 Å². The van der Waals surface area contributed by atoms with Gasteiger partial charge in [0.25, 0.3) is 0 Å². The molecule has 5 heteroatoms. The Bertz CT molecular complexity index is 437. The number of aliphatic hydroxyl groups is 2. The van der Waals surface area contributed by atoms with Crippen molar-refractivity contribution in [1.29, 1.82) is 0 Å². The van der Waals surface area contributed by atoms with Crippen LogP contribution in [-0.2, 0) is 0 Å². The van der Waals surface area contributed by atoms with Crippen LogP contribution in [0.3, 0.4) is 0 Å². The second-order valence-corrected chi connectivity index (χ2v) is 10.1. The van der Waals surface area contributed by atoms with E-state index in [4.69, 9.17) is 0 Å². The van der Waals surface area contributed by atoms with Gasteiger partial charge in [0, 0.05) is 38.3 Å². The Morgan fingerprint density at radius 3 is 1.96 bits per heavy atom. The molecule has 160 valence electrons. The number of hydrogen-bond acceptors (Lipinski definition) is 5. The molecule has 5 nitrogen and oxygen atoms in total. The number of likely N-dealkylation sites (tertiary alicyclic amines) is 2. The van der Waals surface area contributed by atoms with Crippen LogP contribution in [0.4, 0.5) is 0 Å². The molecule has 0 bridgehead atoms. The van der Waals surface area contributed by atoms with Crippen LogP contribution in [0.25, 0.3) is 0 Å². The molecule has 0 saturated carbocycles. The van der Waals surface area contributed by atoms with Crippen molar-refractivity contribution in [2.75, 3.05) is 46.3 Å². The van der Waals surface area contributed by atoms with Crippen LogP contribution in [0.2, 0.25) is 0 Å². The van der Waals surface area contributed by atoms with E-state index < -0.39 is 11.2 Å². The highest BCUT2D eigenvalue weighted by Crippen LogP contribution is 2.32. The molecule has 0 spiro atoms. The van der Waals surface area contributed by atoms with E-state index in [-0.39, 0.29) is 0 Å². The molecule has 2 fully saturated rings. The lowest BCUT2D eigenvalue weighted by Crippen LogP contribution is -2.52. The highest BCUT2D eigenvalue weighted by Gasteiger charge is 2.37. The first-order valence-electron chi connectivity index (χ1n) is 11.1. The summed E-state index contributed by atoms with van der Waals surface area (Å²) in [6.45, 7) is 16.7. The summed E-state index contributed by atoms with van der Waals surface area (Å²) < 4.78 is 0. The van der Waals surface area contributed by atoms with Crippen LogP contribution < -0.4 is 0 Å². The summed E-state index contributed by atoms with van der Waals surface area (Å²) in [6, 6.07) is 1.16. The fraction of sp³-hybridized carbons (Fsp3) is 1.00. The zero-order valence-electron chi connectivity index (χ0n) is 18.7. The first-order chi connectivity index (χ1) is 12.5. The van der Waals surface area contributed by atoms with Gasteiger partial charge in [0.05, 0.1) is 11.2 Å². The minimum Gasteiger partial charge on any atom is -0.390 e. The van der Waals surface area contributed by atoms with Gasteiger partial charge in [-0.3, -0.25) is 0 Å². The van der Waals surface area contributed by atoms with E-state index in [1.165, 1.54) is 0 Å². The lowest BCUT2D eigenvalue weighted by atomic mass is 9.79. The Morgan fingerprint density at radius 1 is 1.00 bits per heavy atom. The molecule has 2 aliphatic rings. The monoisotopic (exact) mass is 383 g/mol. The molecule has 2 heterocycles. The van der Waals surface area contributed by atoms with E-state index in [0.29, 0.717) is 24.5 Å².